The number of benzene rings is 2. The summed E-state index contributed by atoms with van der Waals surface area (Å²) in [5.41, 5.74) is 2.47. The fourth-order valence-corrected chi connectivity index (χ4v) is 4.21. The molecule has 1 atom stereocenters. The van der Waals surface area contributed by atoms with E-state index in [-0.39, 0.29) is 11.8 Å². The van der Waals surface area contributed by atoms with Crippen molar-refractivity contribution in [1.29, 1.82) is 0 Å². The molecule has 0 saturated carbocycles. The second-order valence-electron chi connectivity index (χ2n) is 7.73. The van der Waals surface area contributed by atoms with Crippen molar-refractivity contribution in [2.45, 2.75) is 20.3 Å². The number of amides is 1. The predicted octanol–water partition coefficient (Wildman–Crippen LogP) is 4.16. The molecule has 32 heavy (non-hydrogen) atoms. The zero-order chi connectivity index (χ0) is 22.5. The summed E-state index contributed by atoms with van der Waals surface area (Å²) in [6, 6.07) is 9.29. The van der Waals surface area contributed by atoms with E-state index < -0.39 is 0 Å². The molecule has 0 aliphatic carbocycles. The highest BCUT2D eigenvalue weighted by Crippen LogP contribution is 2.40. The molecule has 1 N–H and O–H groups in total. The van der Waals surface area contributed by atoms with E-state index in [2.05, 4.69) is 10.2 Å². The van der Waals surface area contributed by atoms with Crippen LogP contribution in [-0.4, -0.2) is 52.0 Å². The fourth-order valence-electron chi connectivity index (χ4n) is 4.01. The quantitative estimate of drug-likeness (QED) is 0.669. The van der Waals surface area contributed by atoms with Crippen molar-refractivity contribution in [2.24, 2.45) is 5.92 Å². The first-order chi connectivity index (χ1) is 15.6. The lowest BCUT2D eigenvalue weighted by Crippen LogP contribution is -2.36. The highest BCUT2D eigenvalue weighted by molar-refractivity contribution is 6.30. The van der Waals surface area contributed by atoms with Crippen molar-refractivity contribution >= 4 is 28.9 Å². The van der Waals surface area contributed by atoms with Gasteiger partial charge in [-0.25, -0.2) is 0 Å². The van der Waals surface area contributed by atoms with Gasteiger partial charge in [-0.2, -0.15) is 0 Å². The number of hydrogen-bond donors (Lipinski definition) is 1. The van der Waals surface area contributed by atoms with E-state index in [1.54, 1.807) is 6.07 Å². The van der Waals surface area contributed by atoms with E-state index in [9.17, 15) is 4.79 Å². The van der Waals surface area contributed by atoms with Crippen molar-refractivity contribution in [3.8, 4) is 17.2 Å². The lowest BCUT2D eigenvalue weighted by molar-refractivity contribution is -0.121. The number of anilines is 2. The maximum absolute atomic E-state index is 13.1. The van der Waals surface area contributed by atoms with Crippen LogP contribution in [0.4, 0.5) is 11.4 Å². The number of nitrogens with one attached hydrogen (secondary N) is 1. The molecule has 1 amide bonds. The van der Waals surface area contributed by atoms with Crippen molar-refractivity contribution in [3.63, 3.8) is 0 Å². The average molecular weight is 461 g/mol. The summed E-state index contributed by atoms with van der Waals surface area (Å²) >= 11 is 6.12. The Kier molecular flexibility index (Phi) is 7.27. The molecule has 0 spiro atoms. The Bertz CT molecular complexity index is 962. The summed E-state index contributed by atoms with van der Waals surface area (Å²) in [7, 11) is 0. The van der Waals surface area contributed by atoms with Gasteiger partial charge in [0, 0.05) is 30.2 Å². The molecule has 2 aliphatic heterocycles. The number of carbonyl (C=O) groups excluding carboxylic acids is 1. The van der Waals surface area contributed by atoms with Gasteiger partial charge in [-0.05, 0) is 44.0 Å². The second kappa shape index (κ2) is 10.3. The number of morpholine rings is 1. The molecule has 0 aromatic heterocycles. The molecule has 1 unspecified atom stereocenters. The third kappa shape index (κ3) is 5.05. The van der Waals surface area contributed by atoms with Crippen LogP contribution in [-0.2, 0) is 16.0 Å². The SMILES string of the molecule is CCOc1cc(N2CCOCC2)c(OCC)cc1NC(=O)C1COc2ccc(Cl)cc2C1. The van der Waals surface area contributed by atoms with Crippen LogP contribution < -0.4 is 24.4 Å². The predicted molar refractivity (Wildman–Crippen MR) is 125 cm³/mol. The average Bonchev–Trinajstić information content (AvgIpc) is 2.81. The van der Waals surface area contributed by atoms with E-state index >= 15 is 0 Å². The van der Waals surface area contributed by atoms with Crippen LogP contribution >= 0.6 is 11.6 Å². The molecule has 1 saturated heterocycles. The minimum absolute atomic E-state index is 0.127. The first-order valence-electron chi connectivity index (χ1n) is 11.1. The van der Waals surface area contributed by atoms with Gasteiger partial charge in [-0.3, -0.25) is 4.79 Å². The Morgan fingerprint density at radius 1 is 1.12 bits per heavy atom. The number of halogens is 1. The number of nitrogens with zero attached hydrogens (tertiary/aromatic N) is 1. The smallest absolute Gasteiger partial charge is 0.231 e. The number of hydrogen-bond acceptors (Lipinski definition) is 6. The van der Waals surface area contributed by atoms with Gasteiger partial charge >= 0.3 is 0 Å². The summed E-state index contributed by atoms with van der Waals surface area (Å²) in [5, 5.41) is 3.67. The Balaban J connectivity index is 1.57. The highest BCUT2D eigenvalue weighted by atomic mass is 35.5. The zero-order valence-corrected chi connectivity index (χ0v) is 19.2. The first-order valence-corrected chi connectivity index (χ1v) is 11.4. The minimum Gasteiger partial charge on any atom is -0.492 e. The van der Waals surface area contributed by atoms with Gasteiger partial charge in [0.25, 0.3) is 0 Å². The van der Waals surface area contributed by atoms with Crippen LogP contribution in [0.3, 0.4) is 0 Å². The van der Waals surface area contributed by atoms with Crippen molar-refractivity contribution in [2.75, 3.05) is 56.3 Å². The highest BCUT2D eigenvalue weighted by Gasteiger charge is 2.28. The Hall–Kier alpha value is -2.64. The Morgan fingerprint density at radius 3 is 2.62 bits per heavy atom. The largest absolute Gasteiger partial charge is 0.492 e. The van der Waals surface area contributed by atoms with Gasteiger partial charge in [0.1, 0.15) is 23.9 Å². The minimum atomic E-state index is -0.329. The number of fused-ring (bicyclic) bond motifs is 1. The maximum atomic E-state index is 13.1. The van der Waals surface area contributed by atoms with Crippen molar-refractivity contribution < 1.29 is 23.7 Å². The summed E-state index contributed by atoms with van der Waals surface area (Å²) in [6.07, 6.45) is 0.565. The molecule has 8 heteroatoms. The molecule has 4 rings (SSSR count). The summed E-state index contributed by atoms with van der Waals surface area (Å²) < 4.78 is 23.1. The molecule has 0 bridgehead atoms. The van der Waals surface area contributed by atoms with Crippen LogP contribution in [0.15, 0.2) is 30.3 Å². The molecular formula is C24H29ClN2O5. The molecule has 172 valence electrons. The first kappa shape index (κ1) is 22.6. The summed E-state index contributed by atoms with van der Waals surface area (Å²) in [5.74, 6) is 1.65. The van der Waals surface area contributed by atoms with E-state index in [0.717, 1.165) is 30.1 Å². The Morgan fingerprint density at radius 2 is 1.88 bits per heavy atom. The van der Waals surface area contributed by atoms with Gasteiger partial charge in [0.2, 0.25) is 5.91 Å². The zero-order valence-electron chi connectivity index (χ0n) is 18.5. The third-order valence-corrected chi connectivity index (χ3v) is 5.81. The van der Waals surface area contributed by atoms with Gasteiger partial charge in [0.15, 0.2) is 0 Å². The van der Waals surface area contributed by atoms with E-state index in [0.29, 0.717) is 61.7 Å². The van der Waals surface area contributed by atoms with Crippen LogP contribution in [0.2, 0.25) is 5.02 Å². The van der Waals surface area contributed by atoms with Crippen LogP contribution in [0, 0.1) is 5.92 Å². The summed E-state index contributed by atoms with van der Waals surface area (Å²) in [6.45, 7) is 8.07. The van der Waals surface area contributed by atoms with Crippen LogP contribution in [0.25, 0.3) is 0 Å². The molecular weight excluding hydrogens is 432 g/mol. The van der Waals surface area contributed by atoms with Gasteiger partial charge in [-0.1, -0.05) is 11.6 Å². The standard InChI is InChI=1S/C24H29ClN2O5/c1-3-30-22-14-20(27-7-9-29-10-8-27)23(31-4-2)13-19(22)26-24(28)17-11-16-12-18(25)5-6-21(16)32-15-17/h5-6,12-14,17H,3-4,7-11,15H2,1-2H3,(H,26,28). The molecule has 0 radical (unpaired) electrons. The lowest BCUT2D eigenvalue weighted by Gasteiger charge is -2.31. The topological polar surface area (TPSA) is 69.3 Å². The van der Waals surface area contributed by atoms with Crippen molar-refractivity contribution in [1.82, 2.24) is 0 Å². The lowest BCUT2D eigenvalue weighted by atomic mass is 9.96. The molecule has 1 fully saturated rings. The number of rotatable bonds is 7. The molecule has 2 heterocycles. The van der Waals surface area contributed by atoms with E-state index in [4.69, 9.17) is 30.5 Å². The van der Waals surface area contributed by atoms with Gasteiger partial charge in [0.05, 0.1) is 43.7 Å². The number of ether oxygens (including phenoxy) is 4. The summed E-state index contributed by atoms with van der Waals surface area (Å²) in [4.78, 5) is 15.3. The maximum Gasteiger partial charge on any atom is 0.231 e. The molecule has 2 aromatic rings. The molecule has 2 aromatic carbocycles. The van der Waals surface area contributed by atoms with Crippen LogP contribution in [0.5, 0.6) is 17.2 Å². The van der Waals surface area contributed by atoms with Gasteiger partial charge in [-0.15, -0.1) is 0 Å². The van der Waals surface area contributed by atoms with Crippen LogP contribution in [0.1, 0.15) is 19.4 Å². The molecule has 7 nitrogen and oxygen atoms in total. The Labute approximate surface area is 193 Å². The van der Waals surface area contributed by atoms with E-state index in [1.165, 1.54) is 0 Å². The normalized spacial score (nSPS) is 17.8. The third-order valence-electron chi connectivity index (χ3n) is 5.57. The number of carbonyl (C=O) groups is 1. The fraction of sp³-hybridized carbons (Fsp3) is 0.458. The second-order valence-corrected chi connectivity index (χ2v) is 8.17. The van der Waals surface area contributed by atoms with Crippen molar-refractivity contribution in [3.05, 3.63) is 40.9 Å². The van der Waals surface area contributed by atoms with E-state index in [1.807, 2.05) is 38.1 Å². The van der Waals surface area contributed by atoms with Gasteiger partial charge < -0.3 is 29.2 Å². The molecule has 2 aliphatic rings. The monoisotopic (exact) mass is 460 g/mol.